The molecular formula is C24H25NO3. The molecule has 4 nitrogen and oxygen atoms in total. The van der Waals surface area contributed by atoms with Gasteiger partial charge < -0.3 is 9.15 Å². The standard InChI is InChI=1S/C24H25NO3/c1-16-7-9-17(10-8-16)13-25-14-21-22(27-15-25)12-11-19-18-5-3-2-4-6-20(18)24(26)28-23(19)21/h7-12H,2-6,13-15H2,1H3. The normalized spacial score (nSPS) is 16.9. The number of rotatable bonds is 2. The van der Waals surface area contributed by atoms with E-state index in [0.29, 0.717) is 6.73 Å². The summed E-state index contributed by atoms with van der Waals surface area (Å²) in [4.78, 5) is 14.9. The van der Waals surface area contributed by atoms with Gasteiger partial charge in [0.2, 0.25) is 0 Å². The van der Waals surface area contributed by atoms with Gasteiger partial charge in [0.15, 0.2) is 0 Å². The number of aryl methyl sites for hydroxylation is 2. The third-order valence-corrected chi connectivity index (χ3v) is 6.01. The Kier molecular flexibility index (Phi) is 4.44. The van der Waals surface area contributed by atoms with Crippen molar-refractivity contribution in [1.82, 2.24) is 4.90 Å². The number of hydrogen-bond donors (Lipinski definition) is 0. The van der Waals surface area contributed by atoms with Gasteiger partial charge in [0, 0.05) is 24.0 Å². The van der Waals surface area contributed by atoms with Gasteiger partial charge in [-0.1, -0.05) is 36.2 Å². The van der Waals surface area contributed by atoms with E-state index < -0.39 is 0 Å². The SMILES string of the molecule is Cc1ccc(CN2COc3ccc4c5c(c(=O)oc4c3C2)CCCCC5)cc1. The lowest BCUT2D eigenvalue weighted by Gasteiger charge is -2.29. The van der Waals surface area contributed by atoms with Crippen molar-refractivity contribution in [3.63, 3.8) is 0 Å². The van der Waals surface area contributed by atoms with Crippen LogP contribution in [0.25, 0.3) is 11.0 Å². The molecule has 0 radical (unpaired) electrons. The lowest BCUT2D eigenvalue weighted by Crippen LogP contribution is -2.31. The molecule has 0 bridgehead atoms. The first-order chi connectivity index (χ1) is 13.7. The fourth-order valence-electron chi connectivity index (χ4n) is 4.49. The molecule has 1 aromatic heterocycles. The summed E-state index contributed by atoms with van der Waals surface area (Å²) in [6.45, 7) is 4.18. The number of benzene rings is 2. The molecule has 4 heteroatoms. The van der Waals surface area contributed by atoms with Crippen LogP contribution in [-0.4, -0.2) is 11.6 Å². The quantitative estimate of drug-likeness (QED) is 0.480. The molecule has 144 valence electrons. The monoisotopic (exact) mass is 375 g/mol. The van der Waals surface area contributed by atoms with Crippen molar-refractivity contribution >= 4 is 11.0 Å². The summed E-state index contributed by atoms with van der Waals surface area (Å²) in [5.41, 5.74) is 6.16. The molecule has 0 N–H and O–H groups in total. The van der Waals surface area contributed by atoms with E-state index in [4.69, 9.17) is 9.15 Å². The van der Waals surface area contributed by atoms with Crippen LogP contribution in [0.1, 0.15) is 47.1 Å². The smallest absolute Gasteiger partial charge is 0.339 e. The molecule has 0 unspecified atom stereocenters. The van der Waals surface area contributed by atoms with Crippen LogP contribution in [0, 0.1) is 6.92 Å². The maximum absolute atomic E-state index is 12.7. The second kappa shape index (κ2) is 7.10. The second-order valence-electron chi connectivity index (χ2n) is 8.07. The van der Waals surface area contributed by atoms with E-state index in [0.717, 1.165) is 66.6 Å². The zero-order valence-corrected chi connectivity index (χ0v) is 16.3. The zero-order valence-electron chi connectivity index (χ0n) is 16.3. The topological polar surface area (TPSA) is 42.7 Å². The van der Waals surface area contributed by atoms with E-state index >= 15 is 0 Å². The third kappa shape index (κ3) is 3.12. The van der Waals surface area contributed by atoms with Crippen LogP contribution in [0.3, 0.4) is 0 Å². The number of nitrogens with zero attached hydrogens (tertiary/aromatic N) is 1. The van der Waals surface area contributed by atoms with Crippen LogP contribution >= 0.6 is 0 Å². The summed E-state index contributed by atoms with van der Waals surface area (Å²) in [6.07, 6.45) is 5.18. The molecule has 2 aliphatic rings. The molecule has 2 aromatic carbocycles. The Labute approximate surface area is 164 Å². The fourth-order valence-corrected chi connectivity index (χ4v) is 4.49. The van der Waals surface area contributed by atoms with Crippen molar-refractivity contribution in [3.05, 3.63) is 74.6 Å². The number of hydrogen-bond acceptors (Lipinski definition) is 4. The Hall–Kier alpha value is -2.59. The minimum absolute atomic E-state index is 0.159. The van der Waals surface area contributed by atoms with Crippen LogP contribution < -0.4 is 10.4 Å². The summed E-state index contributed by atoms with van der Waals surface area (Å²) >= 11 is 0. The maximum Gasteiger partial charge on any atom is 0.339 e. The first kappa shape index (κ1) is 17.5. The van der Waals surface area contributed by atoms with Crippen LogP contribution in [0.4, 0.5) is 0 Å². The highest BCUT2D eigenvalue weighted by Gasteiger charge is 2.24. The highest BCUT2D eigenvalue weighted by Crippen LogP contribution is 2.35. The summed E-state index contributed by atoms with van der Waals surface area (Å²) < 4.78 is 11.9. The van der Waals surface area contributed by atoms with Gasteiger partial charge in [-0.3, -0.25) is 4.90 Å². The average Bonchev–Trinajstić information content (AvgIpc) is 2.97. The third-order valence-electron chi connectivity index (χ3n) is 6.01. The van der Waals surface area contributed by atoms with Crippen molar-refractivity contribution in [1.29, 1.82) is 0 Å². The number of fused-ring (bicyclic) bond motifs is 5. The first-order valence-corrected chi connectivity index (χ1v) is 10.2. The van der Waals surface area contributed by atoms with Crippen molar-refractivity contribution in [2.75, 3.05) is 6.73 Å². The Morgan fingerprint density at radius 2 is 1.71 bits per heavy atom. The largest absolute Gasteiger partial charge is 0.478 e. The van der Waals surface area contributed by atoms with Gasteiger partial charge in [0.05, 0.1) is 5.56 Å². The molecule has 2 heterocycles. The minimum atomic E-state index is -0.159. The zero-order chi connectivity index (χ0) is 19.1. The van der Waals surface area contributed by atoms with Crippen molar-refractivity contribution in [2.24, 2.45) is 0 Å². The van der Waals surface area contributed by atoms with E-state index in [-0.39, 0.29) is 5.63 Å². The van der Waals surface area contributed by atoms with Gasteiger partial charge in [-0.25, -0.2) is 4.79 Å². The summed E-state index contributed by atoms with van der Waals surface area (Å²) in [5.74, 6) is 0.837. The Morgan fingerprint density at radius 3 is 2.54 bits per heavy atom. The second-order valence-corrected chi connectivity index (χ2v) is 8.07. The molecule has 1 aliphatic carbocycles. The van der Waals surface area contributed by atoms with Crippen LogP contribution in [0.2, 0.25) is 0 Å². The van der Waals surface area contributed by atoms with E-state index in [2.05, 4.69) is 42.2 Å². The van der Waals surface area contributed by atoms with E-state index in [1.54, 1.807) is 0 Å². The number of ether oxygens (including phenoxy) is 1. The van der Waals surface area contributed by atoms with Crippen LogP contribution in [0.5, 0.6) is 5.75 Å². The summed E-state index contributed by atoms with van der Waals surface area (Å²) in [5, 5.41) is 1.09. The summed E-state index contributed by atoms with van der Waals surface area (Å²) in [6, 6.07) is 12.7. The van der Waals surface area contributed by atoms with Gasteiger partial charge in [0.1, 0.15) is 18.1 Å². The molecule has 0 saturated carbocycles. The predicted octanol–water partition coefficient (Wildman–Crippen LogP) is 4.72. The van der Waals surface area contributed by atoms with Gasteiger partial charge in [0.25, 0.3) is 0 Å². The predicted molar refractivity (Wildman–Crippen MR) is 110 cm³/mol. The molecule has 3 aromatic rings. The van der Waals surface area contributed by atoms with Gasteiger partial charge >= 0.3 is 5.63 Å². The first-order valence-electron chi connectivity index (χ1n) is 10.2. The summed E-state index contributed by atoms with van der Waals surface area (Å²) in [7, 11) is 0. The van der Waals surface area contributed by atoms with Crippen LogP contribution in [0.15, 0.2) is 45.6 Å². The van der Waals surface area contributed by atoms with Crippen LogP contribution in [-0.2, 0) is 25.9 Å². The van der Waals surface area contributed by atoms with Gasteiger partial charge in [-0.2, -0.15) is 0 Å². The Balaban J connectivity index is 1.54. The molecule has 5 rings (SSSR count). The Bertz CT molecular complexity index is 1080. The molecule has 0 saturated heterocycles. The molecular weight excluding hydrogens is 350 g/mol. The average molecular weight is 375 g/mol. The molecule has 0 fully saturated rings. The fraction of sp³-hybridized carbons (Fsp3) is 0.375. The van der Waals surface area contributed by atoms with Crippen molar-refractivity contribution in [3.8, 4) is 5.75 Å². The van der Waals surface area contributed by atoms with Gasteiger partial charge in [-0.15, -0.1) is 0 Å². The maximum atomic E-state index is 12.7. The van der Waals surface area contributed by atoms with E-state index in [1.165, 1.54) is 23.1 Å². The molecule has 0 spiro atoms. The Morgan fingerprint density at radius 1 is 0.929 bits per heavy atom. The van der Waals surface area contributed by atoms with Crippen molar-refractivity contribution in [2.45, 2.75) is 52.1 Å². The molecule has 1 aliphatic heterocycles. The highest BCUT2D eigenvalue weighted by atomic mass is 16.5. The lowest BCUT2D eigenvalue weighted by molar-refractivity contribution is 0.0889. The van der Waals surface area contributed by atoms with E-state index in [9.17, 15) is 4.79 Å². The molecule has 28 heavy (non-hydrogen) atoms. The lowest BCUT2D eigenvalue weighted by atomic mass is 9.98. The highest BCUT2D eigenvalue weighted by molar-refractivity contribution is 5.86. The molecule has 0 amide bonds. The van der Waals surface area contributed by atoms with Crippen molar-refractivity contribution < 1.29 is 9.15 Å². The molecule has 0 atom stereocenters. The minimum Gasteiger partial charge on any atom is -0.478 e. The van der Waals surface area contributed by atoms with Gasteiger partial charge in [-0.05, 0) is 55.9 Å². The van der Waals surface area contributed by atoms with E-state index in [1.807, 2.05) is 6.07 Å².